The summed E-state index contributed by atoms with van der Waals surface area (Å²) in [7, 11) is 1.64. The number of ether oxygens (including phenoxy) is 1. The summed E-state index contributed by atoms with van der Waals surface area (Å²) in [6.07, 6.45) is 1.76. The average molecular weight is 354 g/mol. The largest absolute Gasteiger partial charge is 0.496 e. The summed E-state index contributed by atoms with van der Waals surface area (Å²) < 4.78 is 6.08. The molecule has 0 aliphatic rings. The summed E-state index contributed by atoms with van der Waals surface area (Å²) in [5.41, 5.74) is 5.11. The van der Waals surface area contributed by atoms with Gasteiger partial charge in [-0.15, -0.1) is 0 Å². The van der Waals surface area contributed by atoms with Gasteiger partial charge in [0.2, 0.25) is 0 Å². The van der Waals surface area contributed by atoms with E-state index in [2.05, 4.69) is 26.5 Å². The lowest BCUT2D eigenvalue weighted by Crippen LogP contribution is -2.05. The fraction of sp³-hybridized carbons (Fsp3) is 0.133. The Bertz CT molecular complexity index is 599. The molecule has 0 aliphatic carbocycles. The summed E-state index contributed by atoms with van der Waals surface area (Å²) in [5, 5.41) is 4.92. The Balaban J connectivity index is 1.90. The standard InChI is InChI=1S/C15H14BrClN2O/c1-20-15-7-4-12(8-14(15)16)10-19-18-9-11-2-5-13(17)6-3-11/h2-8,10,18H,9H2,1H3/b19-10-. The Labute approximate surface area is 131 Å². The van der Waals surface area contributed by atoms with Crippen LogP contribution in [0.15, 0.2) is 52.0 Å². The van der Waals surface area contributed by atoms with Crippen LogP contribution >= 0.6 is 27.5 Å². The Morgan fingerprint density at radius 1 is 1.25 bits per heavy atom. The monoisotopic (exact) mass is 352 g/mol. The van der Waals surface area contributed by atoms with E-state index in [-0.39, 0.29) is 0 Å². The SMILES string of the molecule is COc1ccc(/C=N\NCc2ccc(Cl)cc2)cc1Br. The van der Waals surface area contributed by atoms with Crippen LogP contribution in [0, 0.1) is 0 Å². The predicted molar refractivity (Wildman–Crippen MR) is 86.6 cm³/mol. The number of nitrogens with zero attached hydrogens (tertiary/aromatic N) is 1. The number of hydrogen-bond donors (Lipinski definition) is 1. The first-order valence-electron chi connectivity index (χ1n) is 6.03. The van der Waals surface area contributed by atoms with Gasteiger partial charge in [-0.1, -0.05) is 23.7 Å². The lowest BCUT2D eigenvalue weighted by Gasteiger charge is -2.03. The first-order valence-corrected chi connectivity index (χ1v) is 7.20. The van der Waals surface area contributed by atoms with E-state index < -0.39 is 0 Å². The van der Waals surface area contributed by atoms with E-state index in [1.807, 2.05) is 42.5 Å². The molecule has 0 amide bonds. The van der Waals surface area contributed by atoms with E-state index in [4.69, 9.17) is 16.3 Å². The van der Waals surface area contributed by atoms with Gasteiger partial charge in [0.25, 0.3) is 0 Å². The maximum absolute atomic E-state index is 5.83. The molecule has 0 saturated heterocycles. The van der Waals surface area contributed by atoms with Crippen LogP contribution in [0.1, 0.15) is 11.1 Å². The molecular weight excluding hydrogens is 340 g/mol. The second-order valence-electron chi connectivity index (χ2n) is 4.11. The second kappa shape index (κ2) is 7.31. The molecule has 0 aromatic heterocycles. The van der Waals surface area contributed by atoms with Gasteiger partial charge in [0.05, 0.1) is 24.3 Å². The van der Waals surface area contributed by atoms with Crippen molar-refractivity contribution in [2.24, 2.45) is 5.10 Å². The van der Waals surface area contributed by atoms with Crippen LogP contribution in [0.5, 0.6) is 5.75 Å². The van der Waals surface area contributed by atoms with Crippen molar-refractivity contribution in [2.45, 2.75) is 6.54 Å². The van der Waals surface area contributed by atoms with Gasteiger partial charge in [0.15, 0.2) is 0 Å². The van der Waals surface area contributed by atoms with Crippen molar-refractivity contribution in [3.05, 3.63) is 63.1 Å². The number of hydrazone groups is 1. The molecule has 1 N–H and O–H groups in total. The topological polar surface area (TPSA) is 33.6 Å². The molecule has 0 fully saturated rings. The van der Waals surface area contributed by atoms with Gasteiger partial charge < -0.3 is 10.2 Å². The van der Waals surface area contributed by atoms with E-state index in [1.165, 1.54) is 0 Å². The van der Waals surface area contributed by atoms with Crippen LogP contribution in [0.4, 0.5) is 0 Å². The van der Waals surface area contributed by atoms with Crippen LogP contribution in [0.2, 0.25) is 5.02 Å². The van der Waals surface area contributed by atoms with Gasteiger partial charge in [-0.2, -0.15) is 5.10 Å². The highest BCUT2D eigenvalue weighted by Crippen LogP contribution is 2.24. The van der Waals surface area contributed by atoms with Crippen LogP contribution in [-0.4, -0.2) is 13.3 Å². The van der Waals surface area contributed by atoms with E-state index in [0.717, 1.165) is 26.4 Å². The third-order valence-electron chi connectivity index (χ3n) is 2.68. The first kappa shape index (κ1) is 14.9. The average Bonchev–Trinajstić information content (AvgIpc) is 2.46. The van der Waals surface area contributed by atoms with E-state index in [9.17, 15) is 0 Å². The summed E-state index contributed by atoms with van der Waals surface area (Å²) in [4.78, 5) is 0. The van der Waals surface area contributed by atoms with Gasteiger partial charge >= 0.3 is 0 Å². The summed E-state index contributed by atoms with van der Waals surface area (Å²) in [6, 6.07) is 13.4. The molecule has 0 aliphatic heterocycles. The molecule has 2 aromatic rings. The molecule has 104 valence electrons. The number of benzene rings is 2. The minimum absolute atomic E-state index is 0.658. The number of rotatable bonds is 5. The third kappa shape index (κ3) is 4.25. The summed E-state index contributed by atoms with van der Waals surface area (Å²) >= 11 is 9.27. The van der Waals surface area contributed by atoms with Crippen molar-refractivity contribution in [3.63, 3.8) is 0 Å². The minimum Gasteiger partial charge on any atom is -0.496 e. The van der Waals surface area contributed by atoms with Crippen molar-refractivity contribution >= 4 is 33.7 Å². The zero-order chi connectivity index (χ0) is 14.4. The normalized spacial score (nSPS) is 10.8. The van der Waals surface area contributed by atoms with Crippen LogP contribution < -0.4 is 10.2 Å². The Morgan fingerprint density at radius 3 is 2.65 bits per heavy atom. The lowest BCUT2D eigenvalue weighted by molar-refractivity contribution is 0.412. The van der Waals surface area contributed by atoms with Gasteiger partial charge in [-0.3, -0.25) is 0 Å². The van der Waals surface area contributed by atoms with Crippen molar-refractivity contribution < 1.29 is 4.74 Å². The van der Waals surface area contributed by atoms with Crippen LogP contribution in [0.3, 0.4) is 0 Å². The van der Waals surface area contributed by atoms with Crippen molar-refractivity contribution in [2.75, 3.05) is 7.11 Å². The first-order chi connectivity index (χ1) is 9.69. The molecule has 20 heavy (non-hydrogen) atoms. The van der Waals surface area contributed by atoms with Crippen LogP contribution in [-0.2, 0) is 6.54 Å². The van der Waals surface area contributed by atoms with Crippen molar-refractivity contribution in [1.82, 2.24) is 5.43 Å². The molecule has 0 radical (unpaired) electrons. The van der Waals surface area contributed by atoms with E-state index in [0.29, 0.717) is 6.54 Å². The summed E-state index contributed by atoms with van der Waals surface area (Å²) in [5.74, 6) is 0.802. The molecule has 0 saturated carbocycles. The van der Waals surface area contributed by atoms with Gasteiger partial charge in [-0.25, -0.2) is 0 Å². The molecule has 0 bridgehead atoms. The van der Waals surface area contributed by atoms with Gasteiger partial charge in [0, 0.05) is 5.02 Å². The lowest BCUT2D eigenvalue weighted by atomic mass is 10.2. The quantitative estimate of drug-likeness (QED) is 0.644. The number of nitrogens with one attached hydrogen (secondary N) is 1. The van der Waals surface area contributed by atoms with E-state index in [1.54, 1.807) is 13.3 Å². The van der Waals surface area contributed by atoms with Crippen molar-refractivity contribution in [1.29, 1.82) is 0 Å². The number of methoxy groups -OCH3 is 1. The summed E-state index contributed by atoms with van der Waals surface area (Å²) in [6.45, 7) is 0.658. The Morgan fingerprint density at radius 2 is 2.00 bits per heavy atom. The van der Waals surface area contributed by atoms with Gasteiger partial charge in [0.1, 0.15) is 5.75 Å². The third-order valence-corrected chi connectivity index (χ3v) is 3.55. The smallest absolute Gasteiger partial charge is 0.133 e. The Kier molecular flexibility index (Phi) is 5.44. The van der Waals surface area contributed by atoms with Crippen LogP contribution in [0.25, 0.3) is 0 Å². The molecule has 3 nitrogen and oxygen atoms in total. The van der Waals surface area contributed by atoms with Crippen molar-refractivity contribution in [3.8, 4) is 5.75 Å². The maximum Gasteiger partial charge on any atom is 0.133 e. The zero-order valence-electron chi connectivity index (χ0n) is 10.9. The fourth-order valence-electron chi connectivity index (χ4n) is 1.62. The Hall–Kier alpha value is -1.52. The van der Waals surface area contributed by atoms with Gasteiger partial charge in [-0.05, 0) is 57.4 Å². The highest BCUT2D eigenvalue weighted by atomic mass is 79.9. The molecule has 2 rings (SSSR count). The maximum atomic E-state index is 5.83. The second-order valence-corrected chi connectivity index (χ2v) is 5.40. The molecule has 5 heteroatoms. The fourth-order valence-corrected chi connectivity index (χ4v) is 2.31. The number of halogens is 2. The molecule has 2 aromatic carbocycles. The molecular formula is C15H14BrClN2O. The highest BCUT2D eigenvalue weighted by Gasteiger charge is 1.99. The minimum atomic E-state index is 0.658. The molecule has 0 unspecified atom stereocenters. The molecule has 0 heterocycles. The zero-order valence-corrected chi connectivity index (χ0v) is 13.3. The molecule has 0 spiro atoms. The highest BCUT2D eigenvalue weighted by molar-refractivity contribution is 9.10. The molecule has 0 atom stereocenters. The number of hydrogen-bond acceptors (Lipinski definition) is 3. The predicted octanol–water partition coefficient (Wildman–Crippen LogP) is 4.23. The van der Waals surface area contributed by atoms with E-state index >= 15 is 0 Å².